The van der Waals surface area contributed by atoms with Crippen LogP contribution in [0.4, 0.5) is 5.82 Å². The first-order valence-corrected chi connectivity index (χ1v) is 5.44. The fourth-order valence-electron chi connectivity index (χ4n) is 1.32. The second-order valence-corrected chi connectivity index (χ2v) is 3.79. The van der Waals surface area contributed by atoms with Crippen molar-refractivity contribution >= 4 is 29.3 Å². The maximum atomic E-state index is 11.9. The van der Waals surface area contributed by atoms with E-state index in [-0.39, 0.29) is 22.2 Å². The quantitative estimate of drug-likeness (QED) is 0.881. The molecule has 7 nitrogen and oxygen atoms in total. The van der Waals surface area contributed by atoms with Gasteiger partial charge in [-0.3, -0.25) is 9.78 Å². The highest BCUT2D eigenvalue weighted by Gasteiger charge is 2.18. The average molecular weight is 279 g/mol. The summed E-state index contributed by atoms with van der Waals surface area (Å²) in [6.07, 6.45) is 1.33. The molecule has 2 rings (SSSR count). The normalized spacial score (nSPS) is 9.95. The van der Waals surface area contributed by atoms with Gasteiger partial charge in [0.1, 0.15) is 5.69 Å². The molecule has 8 heteroatoms. The van der Waals surface area contributed by atoms with Gasteiger partial charge in [0, 0.05) is 6.20 Å². The van der Waals surface area contributed by atoms with Crippen molar-refractivity contribution in [2.45, 2.75) is 0 Å². The number of anilines is 1. The Hall–Kier alpha value is -2.54. The molecule has 0 aliphatic rings. The molecule has 0 radical (unpaired) electrons. The summed E-state index contributed by atoms with van der Waals surface area (Å²) < 4.78 is 0. The lowest BCUT2D eigenvalue weighted by molar-refractivity contribution is 0.0691. The van der Waals surface area contributed by atoms with Crippen LogP contribution in [0, 0.1) is 0 Å². The Morgan fingerprint density at radius 2 is 2.00 bits per heavy atom. The average Bonchev–Trinajstić information content (AvgIpc) is 2.41. The number of hydrogen-bond donors (Lipinski definition) is 2. The van der Waals surface area contributed by atoms with Gasteiger partial charge in [0.2, 0.25) is 0 Å². The first kappa shape index (κ1) is 12.9. The highest BCUT2D eigenvalue weighted by atomic mass is 35.5. The van der Waals surface area contributed by atoms with Crippen molar-refractivity contribution in [3.8, 4) is 0 Å². The van der Waals surface area contributed by atoms with E-state index in [9.17, 15) is 9.59 Å². The number of nitrogens with one attached hydrogen (secondary N) is 1. The lowest BCUT2D eigenvalue weighted by Gasteiger charge is -2.05. The van der Waals surface area contributed by atoms with Crippen LogP contribution >= 0.6 is 11.6 Å². The lowest BCUT2D eigenvalue weighted by Crippen LogP contribution is -2.18. The van der Waals surface area contributed by atoms with Gasteiger partial charge in [0.25, 0.3) is 5.91 Å². The summed E-state index contributed by atoms with van der Waals surface area (Å²) in [4.78, 5) is 26.6. The van der Waals surface area contributed by atoms with E-state index in [0.717, 1.165) is 0 Å². The van der Waals surface area contributed by atoms with Crippen molar-refractivity contribution in [1.29, 1.82) is 0 Å². The minimum Gasteiger partial charge on any atom is -0.478 e. The van der Waals surface area contributed by atoms with Crippen LogP contribution in [0.3, 0.4) is 0 Å². The third-order valence-electron chi connectivity index (χ3n) is 2.13. The lowest BCUT2D eigenvalue weighted by atomic mass is 10.2. The number of amides is 1. The molecular weight excluding hydrogens is 272 g/mol. The molecule has 96 valence electrons. The van der Waals surface area contributed by atoms with Crippen molar-refractivity contribution in [2.24, 2.45) is 0 Å². The zero-order chi connectivity index (χ0) is 13.8. The molecule has 0 bridgehead atoms. The van der Waals surface area contributed by atoms with E-state index in [0.29, 0.717) is 0 Å². The van der Waals surface area contributed by atoms with Gasteiger partial charge in [-0.15, -0.1) is 10.2 Å². The third kappa shape index (κ3) is 3.02. The van der Waals surface area contributed by atoms with E-state index >= 15 is 0 Å². The van der Waals surface area contributed by atoms with Crippen molar-refractivity contribution in [3.05, 3.63) is 46.9 Å². The third-order valence-corrected chi connectivity index (χ3v) is 2.33. The maximum Gasteiger partial charge on any atom is 0.338 e. The zero-order valence-electron chi connectivity index (χ0n) is 9.37. The van der Waals surface area contributed by atoms with Gasteiger partial charge in [-0.1, -0.05) is 11.6 Å². The number of halogens is 1. The van der Waals surface area contributed by atoms with Gasteiger partial charge in [0.05, 0.1) is 5.56 Å². The van der Waals surface area contributed by atoms with Crippen LogP contribution in [0.25, 0.3) is 0 Å². The second kappa shape index (κ2) is 5.40. The first-order valence-electron chi connectivity index (χ1n) is 5.07. The van der Waals surface area contributed by atoms with Crippen LogP contribution in [0.5, 0.6) is 0 Å². The van der Waals surface area contributed by atoms with E-state index in [1.807, 2.05) is 0 Å². The number of pyridine rings is 1. The van der Waals surface area contributed by atoms with Gasteiger partial charge in [-0.25, -0.2) is 4.79 Å². The standard InChI is InChI=1S/C11H7ClN4O3/c12-7-3-4-8(16-15-7)14-10(17)9-6(11(18)19)2-1-5-13-9/h1-5H,(H,18,19)(H,14,16,17). The monoisotopic (exact) mass is 278 g/mol. The van der Waals surface area contributed by atoms with Gasteiger partial charge in [-0.05, 0) is 24.3 Å². The Bertz CT molecular complexity index is 630. The van der Waals surface area contributed by atoms with E-state index in [1.165, 1.54) is 30.5 Å². The molecule has 2 aromatic rings. The van der Waals surface area contributed by atoms with Crippen molar-refractivity contribution in [2.75, 3.05) is 5.32 Å². The molecule has 0 aromatic carbocycles. The molecule has 0 unspecified atom stereocenters. The number of nitrogens with zero attached hydrogens (tertiary/aromatic N) is 3. The molecule has 2 N–H and O–H groups in total. The summed E-state index contributed by atoms with van der Waals surface area (Å²) in [7, 11) is 0. The van der Waals surface area contributed by atoms with Gasteiger partial charge < -0.3 is 10.4 Å². The molecule has 0 fully saturated rings. The minimum atomic E-state index is -1.24. The minimum absolute atomic E-state index is 0.149. The number of carboxylic acids is 1. The summed E-state index contributed by atoms with van der Waals surface area (Å²) >= 11 is 5.56. The van der Waals surface area contributed by atoms with E-state index in [2.05, 4.69) is 20.5 Å². The molecule has 2 aromatic heterocycles. The molecule has 2 heterocycles. The van der Waals surface area contributed by atoms with E-state index < -0.39 is 11.9 Å². The number of aromatic nitrogens is 3. The molecule has 1 amide bonds. The number of carbonyl (C=O) groups excluding carboxylic acids is 1. The Kier molecular flexibility index (Phi) is 3.67. The van der Waals surface area contributed by atoms with E-state index in [1.54, 1.807) is 0 Å². The van der Waals surface area contributed by atoms with Gasteiger partial charge in [-0.2, -0.15) is 0 Å². The molecule has 19 heavy (non-hydrogen) atoms. The number of hydrogen-bond acceptors (Lipinski definition) is 5. The highest BCUT2D eigenvalue weighted by Crippen LogP contribution is 2.10. The highest BCUT2D eigenvalue weighted by molar-refractivity contribution is 6.29. The SMILES string of the molecule is O=C(O)c1cccnc1C(=O)Nc1ccc(Cl)nn1. The molecule has 0 saturated heterocycles. The van der Waals surface area contributed by atoms with Crippen molar-refractivity contribution in [3.63, 3.8) is 0 Å². The topological polar surface area (TPSA) is 105 Å². The van der Waals surface area contributed by atoms with Crippen LogP contribution in [-0.4, -0.2) is 32.2 Å². The molecule has 0 spiro atoms. The van der Waals surface area contributed by atoms with Gasteiger partial charge >= 0.3 is 5.97 Å². The summed E-state index contributed by atoms with van der Waals surface area (Å²) in [5.41, 5.74) is -0.395. The van der Waals surface area contributed by atoms with Crippen LogP contribution in [0.1, 0.15) is 20.8 Å². The molecule has 0 aliphatic carbocycles. The first-order chi connectivity index (χ1) is 9.08. The molecule has 0 atom stereocenters. The predicted molar refractivity (Wildman–Crippen MR) is 66.2 cm³/mol. The van der Waals surface area contributed by atoms with Gasteiger partial charge in [0.15, 0.2) is 11.0 Å². The predicted octanol–water partition coefficient (Wildman–Crippen LogP) is 1.48. The number of carboxylic acid groups (broad SMARTS) is 1. The number of aromatic carboxylic acids is 1. The summed E-state index contributed by atoms with van der Waals surface area (Å²) in [5, 5.41) is 18.7. The van der Waals surface area contributed by atoms with Crippen LogP contribution in [0.15, 0.2) is 30.5 Å². The molecular formula is C11H7ClN4O3. The smallest absolute Gasteiger partial charge is 0.338 e. The van der Waals surface area contributed by atoms with Crippen molar-refractivity contribution < 1.29 is 14.7 Å². The maximum absolute atomic E-state index is 11.9. The van der Waals surface area contributed by atoms with E-state index in [4.69, 9.17) is 16.7 Å². The Morgan fingerprint density at radius 1 is 1.21 bits per heavy atom. The fraction of sp³-hybridized carbons (Fsp3) is 0. The Labute approximate surface area is 112 Å². The Balaban J connectivity index is 2.25. The summed E-state index contributed by atoms with van der Waals surface area (Å²) in [5.74, 6) is -1.77. The number of rotatable bonds is 3. The second-order valence-electron chi connectivity index (χ2n) is 3.40. The van der Waals surface area contributed by atoms with Crippen LogP contribution < -0.4 is 5.32 Å². The molecule has 0 aliphatic heterocycles. The van der Waals surface area contributed by atoms with Crippen molar-refractivity contribution in [1.82, 2.24) is 15.2 Å². The van der Waals surface area contributed by atoms with Crippen LogP contribution in [-0.2, 0) is 0 Å². The summed E-state index contributed by atoms with van der Waals surface area (Å²) in [6.45, 7) is 0. The largest absolute Gasteiger partial charge is 0.478 e. The number of carbonyl (C=O) groups is 2. The van der Waals surface area contributed by atoms with Crippen LogP contribution in [0.2, 0.25) is 5.15 Å². The zero-order valence-corrected chi connectivity index (χ0v) is 10.1. The summed E-state index contributed by atoms with van der Waals surface area (Å²) in [6, 6.07) is 5.61. The molecule has 0 saturated carbocycles. The fourth-order valence-corrected chi connectivity index (χ4v) is 1.42. The Morgan fingerprint density at radius 3 is 2.63 bits per heavy atom.